The number of nitrogens with zero attached hydrogens (tertiary/aromatic N) is 2. The molecule has 0 amide bonds. The summed E-state index contributed by atoms with van der Waals surface area (Å²) < 4.78 is 0. The van der Waals surface area contributed by atoms with Crippen LogP contribution in [0.3, 0.4) is 0 Å². The van der Waals surface area contributed by atoms with Crippen LogP contribution in [0.5, 0.6) is 0 Å². The van der Waals surface area contributed by atoms with Crippen molar-refractivity contribution in [3.63, 3.8) is 0 Å². The quantitative estimate of drug-likeness (QED) is 0.913. The maximum atomic E-state index is 5.96. The highest BCUT2D eigenvalue weighted by molar-refractivity contribution is 6.30. The minimum atomic E-state index is 0.688. The lowest BCUT2D eigenvalue weighted by atomic mass is 10.2. The van der Waals surface area contributed by atoms with Gasteiger partial charge >= 0.3 is 0 Å². The van der Waals surface area contributed by atoms with Gasteiger partial charge in [0.25, 0.3) is 0 Å². The molecule has 0 saturated carbocycles. The van der Waals surface area contributed by atoms with Gasteiger partial charge in [0.05, 0.1) is 0 Å². The topological polar surface area (TPSA) is 28.2 Å². The zero-order valence-electron chi connectivity index (χ0n) is 10.6. The molecule has 19 heavy (non-hydrogen) atoms. The highest BCUT2D eigenvalue weighted by Gasteiger charge is 2.12. The highest BCUT2D eigenvalue weighted by Crippen LogP contribution is 2.25. The zero-order chi connectivity index (χ0) is 13.1. The van der Waals surface area contributed by atoms with Gasteiger partial charge in [0.2, 0.25) is 0 Å². The van der Waals surface area contributed by atoms with E-state index in [9.17, 15) is 0 Å². The molecule has 0 bridgehead atoms. The molecule has 3 rings (SSSR count). The molecule has 2 heterocycles. The van der Waals surface area contributed by atoms with E-state index < -0.39 is 0 Å². The van der Waals surface area contributed by atoms with Gasteiger partial charge in [0, 0.05) is 35.7 Å². The Morgan fingerprint density at radius 3 is 2.74 bits per heavy atom. The van der Waals surface area contributed by atoms with Crippen molar-refractivity contribution in [3.8, 4) is 0 Å². The van der Waals surface area contributed by atoms with Crippen LogP contribution in [0.25, 0.3) is 0 Å². The highest BCUT2D eigenvalue weighted by atomic mass is 35.5. The first-order chi connectivity index (χ1) is 9.31. The summed E-state index contributed by atoms with van der Waals surface area (Å²) >= 11 is 5.96. The third-order valence-electron chi connectivity index (χ3n) is 3.31. The van der Waals surface area contributed by atoms with Crippen molar-refractivity contribution in [2.45, 2.75) is 12.8 Å². The number of anilines is 3. The second-order valence-corrected chi connectivity index (χ2v) is 5.17. The van der Waals surface area contributed by atoms with Crippen molar-refractivity contribution >= 4 is 28.8 Å². The molecule has 0 atom stereocenters. The SMILES string of the molecule is Clc1ccnc(Nc2cccc(N3CCCC3)c2)c1. The van der Waals surface area contributed by atoms with Crippen LogP contribution in [0.4, 0.5) is 17.2 Å². The first kappa shape index (κ1) is 12.3. The van der Waals surface area contributed by atoms with Gasteiger partial charge in [0.1, 0.15) is 5.82 Å². The van der Waals surface area contributed by atoms with Crippen molar-refractivity contribution in [1.29, 1.82) is 0 Å². The van der Waals surface area contributed by atoms with Gasteiger partial charge in [-0.2, -0.15) is 0 Å². The molecule has 1 N–H and O–H groups in total. The number of hydrogen-bond acceptors (Lipinski definition) is 3. The van der Waals surface area contributed by atoms with E-state index in [1.54, 1.807) is 12.3 Å². The Kier molecular flexibility index (Phi) is 3.56. The Balaban J connectivity index is 1.79. The van der Waals surface area contributed by atoms with E-state index in [4.69, 9.17) is 11.6 Å². The maximum Gasteiger partial charge on any atom is 0.131 e. The van der Waals surface area contributed by atoms with Crippen LogP contribution in [0.2, 0.25) is 5.02 Å². The number of halogens is 1. The number of benzene rings is 1. The Bertz CT molecular complexity index is 565. The summed E-state index contributed by atoms with van der Waals surface area (Å²) in [6.07, 6.45) is 4.27. The van der Waals surface area contributed by atoms with Gasteiger partial charge in [-0.25, -0.2) is 4.98 Å². The first-order valence-electron chi connectivity index (χ1n) is 6.55. The number of pyridine rings is 1. The van der Waals surface area contributed by atoms with Gasteiger partial charge in [-0.1, -0.05) is 17.7 Å². The van der Waals surface area contributed by atoms with E-state index >= 15 is 0 Å². The Morgan fingerprint density at radius 1 is 1.11 bits per heavy atom. The van der Waals surface area contributed by atoms with Crippen LogP contribution in [0.1, 0.15) is 12.8 Å². The maximum absolute atomic E-state index is 5.96. The summed E-state index contributed by atoms with van der Waals surface area (Å²) in [7, 11) is 0. The Labute approximate surface area is 118 Å². The van der Waals surface area contributed by atoms with Crippen molar-refractivity contribution < 1.29 is 0 Å². The van der Waals surface area contributed by atoms with Gasteiger partial charge in [-0.15, -0.1) is 0 Å². The molecule has 4 heteroatoms. The summed E-state index contributed by atoms with van der Waals surface area (Å²) in [5.41, 5.74) is 2.31. The summed E-state index contributed by atoms with van der Waals surface area (Å²) in [5, 5.41) is 3.97. The molecule has 0 unspecified atom stereocenters. The molecule has 1 aromatic carbocycles. The second kappa shape index (κ2) is 5.49. The molecule has 1 aromatic heterocycles. The largest absolute Gasteiger partial charge is 0.371 e. The Hall–Kier alpha value is -1.74. The van der Waals surface area contributed by atoms with Gasteiger partial charge in [-0.05, 0) is 43.2 Å². The number of aromatic nitrogens is 1. The van der Waals surface area contributed by atoms with Crippen LogP contribution >= 0.6 is 11.6 Å². The molecule has 0 aliphatic carbocycles. The first-order valence-corrected chi connectivity index (χ1v) is 6.93. The molecule has 1 fully saturated rings. The minimum absolute atomic E-state index is 0.688. The van der Waals surface area contributed by atoms with Gasteiger partial charge in [-0.3, -0.25) is 0 Å². The number of hydrogen-bond donors (Lipinski definition) is 1. The fourth-order valence-corrected chi connectivity index (χ4v) is 2.54. The van der Waals surface area contributed by atoms with E-state index in [-0.39, 0.29) is 0 Å². The van der Waals surface area contributed by atoms with Crippen molar-refractivity contribution in [2.75, 3.05) is 23.3 Å². The van der Waals surface area contributed by atoms with E-state index in [2.05, 4.69) is 33.4 Å². The third-order valence-corrected chi connectivity index (χ3v) is 3.55. The summed E-state index contributed by atoms with van der Waals surface area (Å²) in [5.74, 6) is 0.770. The third kappa shape index (κ3) is 2.99. The molecule has 98 valence electrons. The number of nitrogens with one attached hydrogen (secondary N) is 1. The molecular weight excluding hydrogens is 258 g/mol. The fraction of sp³-hybridized carbons (Fsp3) is 0.267. The van der Waals surface area contributed by atoms with Crippen LogP contribution in [-0.2, 0) is 0 Å². The predicted octanol–water partition coefficient (Wildman–Crippen LogP) is 4.08. The van der Waals surface area contributed by atoms with E-state index in [1.807, 2.05) is 12.1 Å². The van der Waals surface area contributed by atoms with E-state index in [0.717, 1.165) is 24.6 Å². The molecular formula is C15H16ClN3. The molecule has 1 saturated heterocycles. The van der Waals surface area contributed by atoms with Gasteiger partial charge in [0.15, 0.2) is 0 Å². The summed E-state index contributed by atoms with van der Waals surface area (Å²) in [6.45, 7) is 2.30. The van der Waals surface area contributed by atoms with Gasteiger partial charge < -0.3 is 10.2 Å². The van der Waals surface area contributed by atoms with E-state index in [1.165, 1.54) is 18.5 Å². The van der Waals surface area contributed by atoms with Crippen LogP contribution in [-0.4, -0.2) is 18.1 Å². The molecule has 0 spiro atoms. The van der Waals surface area contributed by atoms with Crippen molar-refractivity contribution in [2.24, 2.45) is 0 Å². The smallest absolute Gasteiger partial charge is 0.131 e. The second-order valence-electron chi connectivity index (χ2n) is 4.73. The van der Waals surface area contributed by atoms with Crippen LogP contribution in [0, 0.1) is 0 Å². The lowest BCUT2D eigenvalue weighted by molar-refractivity contribution is 0.949. The summed E-state index contributed by atoms with van der Waals surface area (Å²) in [6, 6.07) is 12.0. The Morgan fingerprint density at radius 2 is 1.95 bits per heavy atom. The van der Waals surface area contributed by atoms with Crippen LogP contribution < -0.4 is 10.2 Å². The molecule has 2 aromatic rings. The van der Waals surface area contributed by atoms with E-state index in [0.29, 0.717) is 5.02 Å². The summed E-state index contributed by atoms with van der Waals surface area (Å²) in [4.78, 5) is 6.67. The average molecular weight is 274 g/mol. The average Bonchev–Trinajstić information content (AvgIpc) is 2.93. The fourth-order valence-electron chi connectivity index (χ4n) is 2.38. The van der Waals surface area contributed by atoms with Crippen LogP contribution in [0.15, 0.2) is 42.6 Å². The monoisotopic (exact) mass is 273 g/mol. The minimum Gasteiger partial charge on any atom is -0.371 e. The lowest BCUT2D eigenvalue weighted by Gasteiger charge is -2.18. The van der Waals surface area contributed by atoms with Crippen molar-refractivity contribution in [3.05, 3.63) is 47.6 Å². The molecule has 1 aliphatic rings. The van der Waals surface area contributed by atoms with Crippen molar-refractivity contribution in [1.82, 2.24) is 4.98 Å². The molecule has 0 radical (unpaired) electrons. The lowest BCUT2D eigenvalue weighted by Crippen LogP contribution is -2.17. The predicted molar refractivity (Wildman–Crippen MR) is 80.4 cm³/mol. The molecule has 3 nitrogen and oxygen atoms in total. The zero-order valence-corrected chi connectivity index (χ0v) is 11.4. The number of rotatable bonds is 3. The standard InChI is InChI=1S/C15H16ClN3/c16-12-6-7-17-15(10-12)18-13-4-3-5-14(11-13)19-8-1-2-9-19/h3-7,10-11H,1-2,8-9H2,(H,17,18). The molecule has 1 aliphatic heterocycles. The normalized spacial score (nSPS) is 14.7.